The average molecular weight is 320 g/mol. The van der Waals surface area contributed by atoms with Gasteiger partial charge in [-0.1, -0.05) is 18.0 Å². The molecule has 0 heterocycles. The molecule has 0 bridgehead atoms. The van der Waals surface area contributed by atoms with Gasteiger partial charge in [-0.25, -0.2) is 0 Å². The highest BCUT2D eigenvalue weighted by molar-refractivity contribution is 9.10. The van der Waals surface area contributed by atoms with Crippen LogP contribution < -0.4 is 11.1 Å². The summed E-state index contributed by atoms with van der Waals surface area (Å²) in [6, 6.07) is 5.35. The lowest BCUT2D eigenvalue weighted by Crippen LogP contribution is -2.11. The standard InChI is InChI=1S/C12H16BrClN2O/c13-10-6-5-9(8-11(10)14)16-12(17)4-2-1-3-7-15/h5-6,8H,1-4,7,15H2,(H,16,17). The van der Waals surface area contributed by atoms with Gasteiger partial charge in [0.15, 0.2) is 0 Å². The van der Waals surface area contributed by atoms with E-state index in [0.717, 1.165) is 29.4 Å². The van der Waals surface area contributed by atoms with Gasteiger partial charge in [0.05, 0.1) is 5.02 Å². The minimum atomic E-state index is 0.0143. The van der Waals surface area contributed by atoms with E-state index < -0.39 is 0 Å². The summed E-state index contributed by atoms with van der Waals surface area (Å²) in [5, 5.41) is 3.40. The van der Waals surface area contributed by atoms with Crippen molar-refractivity contribution in [1.29, 1.82) is 0 Å². The summed E-state index contributed by atoms with van der Waals surface area (Å²) in [6.07, 6.45) is 3.35. The molecule has 0 aliphatic rings. The first kappa shape index (κ1) is 14.5. The molecule has 1 rings (SSSR count). The lowest BCUT2D eigenvalue weighted by molar-refractivity contribution is -0.116. The minimum Gasteiger partial charge on any atom is -0.330 e. The number of carbonyl (C=O) groups excluding carboxylic acids is 1. The summed E-state index contributed by atoms with van der Waals surface area (Å²) in [6.45, 7) is 0.684. The highest BCUT2D eigenvalue weighted by Gasteiger charge is 2.04. The van der Waals surface area contributed by atoms with Gasteiger partial charge in [-0.05, 0) is 53.5 Å². The first-order valence-corrected chi connectivity index (χ1v) is 6.75. The predicted molar refractivity (Wildman–Crippen MR) is 75.3 cm³/mol. The van der Waals surface area contributed by atoms with Crippen molar-refractivity contribution in [2.24, 2.45) is 5.73 Å². The van der Waals surface area contributed by atoms with Crippen LogP contribution in [-0.4, -0.2) is 12.5 Å². The summed E-state index contributed by atoms with van der Waals surface area (Å²) >= 11 is 9.23. The van der Waals surface area contributed by atoms with Crippen molar-refractivity contribution in [1.82, 2.24) is 0 Å². The second kappa shape index (κ2) is 7.69. The maximum atomic E-state index is 11.6. The number of carbonyl (C=O) groups is 1. The van der Waals surface area contributed by atoms with E-state index >= 15 is 0 Å². The van der Waals surface area contributed by atoms with Crippen molar-refractivity contribution in [3.63, 3.8) is 0 Å². The predicted octanol–water partition coefficient (Wildman–Crippen LogP) is 3.56. The summed E-state index contributed by atoms with van der Waals surface area (Å²) in [5.41, 5.74) is 6.10. The van der Waals surface area contributed by atoms with Crippen LogP contribution in [0.4, 0.5) is 5.69 Å². The Morgan fingerprint density at radius 2 is 2.12 bits per heavy atom. The number of unbranched alkanes of at least 4 members (excludes halogenated alkanes) is 2. The molecule has 0 fully saturated rings. The van der Waals surface area contributed by atoms with Crippen LogP contribution >= 0.6 is 27.5 Å². The Bertz CT molecular complexity index is 385. The maximum absolute atomic E-state index is 11.6. The number of nitrogens with two attached hydrogens (primary N) is 1. The molecule has 3 N–H and O–H groups in total. The van der Waals surface area contributed by atoms with Gasteiger partial charge < -0.3 is 11.1 Å². The topological polar surface area (TPSA) is 55.1 Å². The number of rotatable bonds is 6. The number of halogens is 2. The van der Waals surface area contributed by atoms with E-state index in [1.807, 2.05) is 12.1 Å². The first-order valence-electron chi connectivity index (χ1n) is 5.58. The molecule has 0 unspecified atom stereocenters. The summed E-state index contributed by atoms with van der Waals surface area (Å²) < 4.78 is 0.820. The lowest BCUT2D eigenvalue weighted by Gasteiger charge is -2.06. The SMILES string of the molecule is NCCCCCC(=O)Nc1ccc(Br)c(Cl)c1. The van der Waals surface area contributed by atoms with E-state index in [1.165, 1.54) is 0 Å². The number of nitrogens with one attached hydrogen (secondary N) is 1. The van der Waals surface area contributed by atoms with Crippen molar-refractivity contribution >= 4 is 39.1 Å². The molecule has 1 aromatic carbocycles. The molecular formula is C12H16BrClN2O. The van der Waals surface area contributed by atoms with E-state index in [1.54, 1.807) is 6.07 Å². The van der Waals surface area contributed by atoms with Gasteiger partial charge in [0.2, 0.25) is 5.91 Å². The van der Waals surface area contributed by atoms with Crippen molar-refractivity contribution < 1.29 is 4.79 Å². The van der Waals surface area contributed by atoms with Crippen LogP contribution in [0.15, 0.2) is 22.7 Å². The van der Waals surface area contributed by atoms with Crippen molar-refractivity contribution in [3.8, 4) is 0 Å². The zero-order valence-corrected chi connectivity index (χ0v) is 11.9. The molecule has 0 aromatic heterocycles. The maximum Gasteiger partial charge on any atom is 0.224 e. The number of hydrogen-bond acceptors (Lipinski definition) is 2. The van der Waals surface area contributed by atoms with Gasteiger partial charge in [-0.3, -0.25) is 4.79 Å². The van der Waals surface area contributed by atoms with E-state index in [4.69, 9.17) is 17.3 Å². The molecule has 94 valence electrons. The third kappa shape index (κ3) is 5.52. The third-order valence-electron chi connectivity index (χ3n) is 2.31. The molecule has 0 spiro atoms. The monoisotopic (exact) mass is 318 g/mol. The summed E-state index contributed by atoms with van der Waals surface area (Å²) in [7, 11) is 0. The summed E-state index contributed by atoms with van der Waals surface area (Å²) in [4.78, 5) is 11.6. The Hall–Kier alpha value is -0.580. The molecule has 0 atom stereocenters. The second-order valence-corrected chi connectivity index (χ2v) is 5.04. The highest BCUT2D eigenvalue weighted by atomic mass is 79.9. The largest absolute Gasteiger partial charge is 0.330 e. The fourth-order valence-corrected chi connectivity index (χ4v) is 1.83. The van der Waals surface area contributed by atoms with Crippen molar-refractivity contribution in [2.75, 3.05) is 11.9 Å². The van der Waals surface area contributed by atoms with Crippen LogP contribution in [0.25, 0.3) is 0 Å². The smallest absolute Gasteiger partial charge is 0.224 e. The average Bonchev–Trinajstić information content (AvgIpc) is 2.30. The fraction of sp³-hybridized carbons (Fsp3) is 0.417. The zero-order valence-electron chi connectivity index (χ0n) is 9.51. The van der Waals surface area contributed by atoms with Gasteiger partial charge in [0, 0.05) is 16.6 Å². The van der Waals surface area contributed by atoms with E-state index in [9.17, 15) is 4.79 Å². The van der Waals surface area contributed by atoms with Gasteiger partial charge in [-0.2, -0.15) is 0 Å². The fourth-order valence-electron chi connectivity index (χ4n) is 1.40. The molecule has 1 amide bonds. The van der Waals surface area contributed by atoms with Crippen LogP contribution in [0.3, 0.4) is 0 Å². The quantitative estimate of drug-likeness (QED) is 0.788. The Morgan fingerprint density at radius 1 is 1.35 bits per heavy atom. The van der Waals surface area contributed by atoms with Crippen LogP contribution in [0, 0.1) is 0 Å². The Labute approximate surface area is 115 Å². The van der Waals surface area contributed by atoms with E-state index in [0.29, 0.717) is 18.0 Å². The molecular weight excluding hydrogens is 304 g/mol. The van der Waals surface area contributed by atoms with Gasteiger partial charge in [0.25, 0.3) is 0 Å². The molecule has 0 radical (unpaired) electrons. The number of anilines is 1. The first-order chi connectivity index (χ1) is 8.13. The zero-order chi connectivity index (χ0) is 12.7. The van der Waals surface area contributed by atoms with Crippen LogP contribution in [0.5, 0.6) is 0 Å². The molecule has 0 saturated carbocycles. The van der Waals surface area contributed by atoms with E-state index in [2.05, 4.69) is 21.2 Å². The van der Waals surface area contributed by atoms with E-state index in [-0.39, 0.29) is 5.91 Å². The lowest BCUT2D eigenvalue weighted by atomic mass is 10.2. The number of hydrogen-bond donors (Lipinski definition) is 2. The van der Waals surface area contributed by atoms with Gasteiger partial charge in [-0.15, -0.1) is 0 Å². The van der Waals surface area contributed by atoms with Crippen LogP contribution in [0.2, 0.25) is 5.02 Å². The van der Waals surface area contributed by atoms with Gasteiger partial charge in [0.1, 0.15) is 0 Å². The normalized spacial score (nSPS) is 10.3. The number of benzene rings is 1. The van der Waals surface area contributed by atoms with Gasteiger partial charge >= 0.3 is 0 Å². The highest BCUT2D eigenvalue weighted by Crippen LogP contribution is 2.25. The molecule has 5 heteroatoms. The van der Waals surface area contributed by atoms with Crippen molar-refractivity contribution in [2.45, 2.75) is 25.7 Å². The Kier molecular flexibility index (Phi) is 6.55. The molecule has 3 nitrogen and oxygen atoms in total. The molecule has 0 aliphatic carbocycles. The summed E-state index contributed by atoms with van der Waals surface area (Å²) in [5.74, 6) is 0.0143. The molecule has 0 aliphatic heterocycles. The molecule has 1 aromatic rings. The number of amides is 1. The van der Waals surface area contributed by atoms with Crippen molar-refractivity contribution in [3.05, 3.63) is 27.7 Å². The Balaban J connectivity index is 2.37. The molecule has 0 saturated heterocycles. The second-order valence-electron chi connectivity index (χ2n) is 3.78. The minimum absolute atomic E-state index is 0.0143. The third-order valence-corrected chi connectivity index (χ3v) is 3.54. The Morgan fingerprint density at radius 3 is 2.76 bits per heavy atom. The van der Waals surface area contributed by atoms with Crippen LogP contribution in [0.1, 0.15) is 25.7 Å². The molecule has 17 heavy (non-hydrogen) atoms. The van der Waals surface area contributed by atoms with Crippen LogP contribution in [-0.2, 0) is 4.79 Å².